The minimum atomic E-state index is -0.555. The average molecular weight is 229 g/mol. The van der Waals surface area contributed by atoms with Crippen molar-refractivity contribution in [1.29, 1.82) is 0 Å². The van der Waals surface area contributed by atoms with Crippen LogP contribution in [0.25, 0.3) is 0 Å². The van der Waals surface area contributed by atoms with Crippen LogP contribution in [0.4, 0.5) is 5.00 Å². The Morgan fingerprint density at radius 1 is 1.73 bits per heavy atom. The third-order valence-electron chi connectivity index (χ3n) is 1.68. The molecule has 0 radical (unpaired) electrons. The maximum absolute atomic E-state index is 11.4. The summed E-state index contributed by atoms with van der Waals surface area (Å²) in [6.07, 6.45) is 2.97. The van der Waals surface area contributed by atoms with Gasteiger partial charge >= 0.3 is 5.00 Å². The SMILES string of the molecule is CCCCNC(=O)c1ncc([N+](=O)[O-])s1. The summed E-state index contributed by atoms with van der Waals surface area (Å²) < 4.78 is 0. The first-order chi connectivity index (χ1) is 7.15. The molecule has 7 heteroatoms. The second kappa shape index (κ2) is 5.40. The van der Waals surface area contributed by atoms with Crippen LogP contribution in [0.5, 0.6) is 0 Å². The molecule has 0 spiro atoms. The van der Waals surface area contributed by atoms with E-state index in [1.807, 2.05) is 6.92 Å². The molecule has 0 bridgehead atoms. The minimum absolute atomic E-state index is 0.115. The Morgan fingerprint density at radius 2 is 2.47 bits per heavy atom. The quantitative estimate of drug-likeness (QED) is 0.472. The van der Waals surface area contributed by atoms with Crippen LogP contribution >= 0.6 is 11.3 Å². The molecule has 0 aliphatic carbocycles. The molecule has 82 valence electrons. The monoisotopic (exact) mass is 229 g/mol. The Kier molecular flexibility index (Phi) is 4.17. The van der Waals surface area contributed by atoms with Gasteiger partial charge in [0.15, 0.2) is 5.01 Å². The van der Waals surface area contributed by atoms with Crippen LogP contribution in [0.2, 0.25) is 0 Å². The van der Waals surface area contributed by atoms with Gasteiger partial charge in [-0.3, -0.25) is 14.9 Å². The van der Waals surface area contributed by atoms with Gasteiger partial charge in [0.1, 0.15) is 6.20 Å². The first-order valence-corrected chi connectivity index (χ1v) is 5.35. The van der Waals surface area contributed by atoms with E-state index >= 15 is 0 Å². The fourth-order valence-corrected chi connectivity index (χ4v) is 1.56. The molecular formula is C8H11N3O3S. The summed E-state index contributed by atoms with van der Waals surface area (Å²) >= 11 is 0.785. The van der Waals surface area contributed by atoms with E-state index in [1.165, 1.54) is 0 Å². The fourth-order valence-electron chi connectivity index (χ4n) is 0.909. The van der Waals surface area contributed by atoms with E-state index in [1.54, 1.807) is 0 Å². The van der Waals surface area contributed by atoms with Gasteiger partial charge in [0.2, 0.25) is 0 Å². The van der Waals surface area contributed by atoms with Gasteiger partial charge in [0, 0.05) is 6.54 Å². The topological polar surface area (TPSA) is 85.1 Å². The standard InChI is InChI=1S/C8H11N3O3S/c1-2-3-4-9-7(12)8-10-5-6(15-8)11(13)14/h5H,2-4H2,1H3,(H,9,12). The molecule has 15 heavy (non-hydrogen) atoms. The molecule has 1 heterocycles. The first-order valence-electron chi connectivity index (χ1n) is 4.53. The van der Waals surface area contributed by atoms with Crippen molar-refractivity contribution in [3.8, 4) is 0 Å². The maximum Gasteiger partial charge on any atom is 0.344 e. The number of rotatable bonds is 5. The second-order valence-electron chi connectivity index (χ2n) is 2.87. The van der Waals surface area contributed by atoms with Gasteiger partial charge in [-0.2, -0.15) is 0 Å². The number of thiazole rings is 1. The van der Waals surface area contributed by atoms with Crippen molar-refractivity contribution in [2.24, 2.45) is 0 Å². The van der Waals surface area contributed by atoms with Crippen LogP contribution in [-0.2, 0) is 0 Å². The molecule has 0 atom stereocenters. The molecule has 0 unspecified atom stereocenters. The molecule has 1 N–H and O–H groups in total. The normalized spacial score (nSPS) is 9.93. The molecule has 6 nitrogen and oxygen atoms in total. The predicted octanol–water partition coefficient (Wildman–Crippen LogP) is 1.58. The van der Waals surface area contributed by atoms with Gasteiger partial charge in [0.25, 0.3) is 5.91 Å². The highest BCUT2D eigenvalue weighted by molar-refractivity contribution is 7.16. The van der Waals surface area contributed by atoms with Crippen molar-refractivity contribution in [2.45, 2.75) is 19.8 Å². The van der Waals surface area contributed by atoms with Crippen molar-refractivity contribution >= 4 is 22.2 Å². The molecule has 1 amide bonds. The average Bonchev–Trinajstić information content (AvgIpc) is 2.66. The first kappa shape index (κ1) is 11.6. The Hall–Kier alpha value is -1.50. The zero-order chi connectivity index (χ0) is 11.3. The largest absolute Gasteiger partial charge is 0.350 e. The summed E-state index contributed by atoms with van der Waals surface area (Å²) in [7, 11) is 0. The third kappa shape index (κ3) is 3.28. The summed E-state index contributed by atoms with van der Waals surface area (Å²) in [5.41, 5.74) is 0. The summed E-state index contributed by atoms with van der Waals surface area (Å²) in [6.45, 7) is 2.59. The van der Waals surface area contributed by atoms with E-state index in [0.29, 0.717) is 6.54 Å². The number of carbonyl (C=O) groups excluding carboxylic acids is 1. The smallest absolute Gasteiger partial charge is 0.344 e. The van der Waals surface area contributed by atoms with Crippen LogP contribution in [0.15, 0.2) is 6.20 Å². The molecule has 0 aromatic carbocycles. The van der Waals surface area contributed by atoms with Crippen molar-refractivity contribution < 1.29 is 9.72 Å². The van der Waals surface area contributed by atoms with Crippen molar-refractivity contribution in [1.82, 2.24) is 10.3 Å². The van der Waals surface area contributed by atoms with E-state index < -0.39 is 4.92 Å². The predicted molar refractivity (Wildman–Crippen MR) is 56.0 cm³/mol. The van der Waals surface area contributed by atoms with Gasteiger partial charge in [-0.1, -0.05) is 13.3 Å². The number of nitrogens with one attached hydrogen (secondary N) is 1. The lowest BCUT2D eigenvalue weighted by Crippen LogP contribution is -2.23. The highest BCUT2D eigenvalue weighted by atomic mass is 32.1. The highest BCUT2D eigenvalue weighted by Gasteiger charge is 2.16. The Labute approximate surface area is 90.5 Å². The second-order valence-corrected chi connectivity index (χ2v) is 3.88. The zero-order valence-electron chi connectivity index (χ0n) is 8.23. The molecule has 1 aromatic heterocycles. The van der Waals surface area contributed by atoms with Crippen LogP contribution in [0, 0.1) is 10.1 Å². The maximum atomic E-state index is 11.4. The Balaban J connectivity index is 2.54. The van der Waals surface area contributed by atoms with Crippen LogP contribution in [0.3, 0.4) is 0 Å². The molecular weight excluding hydrogens is 218 g/mol. The molecule has 0 saturated heterocycles. The Bertz CT molecular complexity index is 364. The van der Waals surface area contributed by atoms with E-state index in [2.05, 4.69) is 10.3 Å². The third-order valence-corrected chi connectivity index (χ3v) is 2.63. The molecule has 0 fully saturated rings. The number of amides is 1. The van der Waals surface area contributed by atoms with Crippen LogP contribution in [-0.4, -0.2) is 22.4 Å². The number of hydrogen-bond acceptors (Lipinski definition) is 5. The lowest BCUT2D eigenvalue weighted by Gasteiger charge is -1.99. The van der Waals surface area contributed by atoms with Gasteiger partial charge in [-0.05, 0) is 17.8 Å². The van der Waals surface area contributed by atoms with E-state index in [-0.39, 0.29) is 15.9 Å². The lowest BCUT2D eigenvalue weighted by molar-refractivity contribution is -0.380. The van der Waals surface area contributed by atoms with Crippen molar-refractivity contribution in [3.63, 3.8) is 0 Å². The molecule has 0 aliphatic heterocycles. The van der Waals surface area contributed by atoms with Crippen molar-refractivity contribution in [3.05, 3.63) is 21.3 Å². The summed E-state index contributed by atoms with van der Waals surface area (Å²) in [5.74, 6) is -0.346. The molecule has 0 saturated carbocycles. The zero-order valence-corrected chi connectivity index (χ0v) is 9.04. The summed E-state index contributed by atoms with van der Waals surface area (Å²) in [6, 6.07) is 0. The summed E-state index contributed by atoms with van der Waals surface area (Å²) in [5, 5.41) is 13.0. The van der Waals surface area contributed by atoms with Gasteiger partial charge in [0.05, 0.1) is 4.92 Å². The lowest BCUT2D eigenvalue weighted by atomic mass is 10.3. The molecule has 1 aromatic rings. The minimum Gasteiger partial charge on any atom is -0.350 e. The molecule has 0 aliphatic rings. The number of carbonyl (C=O) groups is 1. The van der Waals surface area contributed by atoms with Crippen molar-refractivity contribution in [2.75, 3.05) is 6.54 Å². The summed E-state index contributed by atoms with van der Waals surface area (Å²) in [4.78, 5) is 24.8. The number of nitrogens with zero attached hydrogens (tertiary/aromatic N) is 2. The van der Waals surface area contributed by atoms with Crippen LogP contribution < -0.4 is 5.32 Å². The molecule has 1 rings (SSSR count). The number of aromatic nitrogens is 1. The van der Waals surface area contributed by atoms with E-state index in [4.69, 9.17) is 0 Å². The van der Waals surface area contributed by atoms with Crippen LogP contribution in [0.1, 0.15) is 29.6 Å². The number of hydrogen-bond donors (Lipinski definition) is 1. The Morgan fingerprint density at radius 3 is 3.00 bits per heavy atom. The van der Waals surface area contributed by atoms with E-state index in [0.717, 1.165) is 30.4 Å². The highest BCUT2D eigenvalue weighted by Crippen LogP contribution is 2.20. The number of nitro groups is 1. The number of unbranched alkanes of at least 4 members (excludes halogenated alkanes) is 1. The van der Waals surface area contributed by atoms with Gasteiger partial charge in [-0.15, -0.1) is 0 Å². The van der Waals surface area contributed by atoms with Gasteiger partial charge < -0.3 is 5.32 Å². The fraction of sp³-hybridized carbons (Fsp3) is 0.500. The van der Waals surface area contributed by atoms with E-state index in [9.17, 15) is 14.9 Å². The van der Waals surface area contributed by atoms with Gasteiger partial charge in [-0.25, -0.2) is 4.98 Å².